The first-order chi connectivity index (χ1) is 10.9. The Bertz CT molecular complexity index is 705. The molecule has 2 N–H and O–H groups in total. The largest absolute Gasteiger partial charge is 0.495 e. The summed E-state index contributed by atoms with van der Waals surface area (Å²) in [4.78, 5) is 0. The lowest BCUT2D eigenvalue weighted by atomic mass is 9.78. The predicted molar refractivity (Wildman–Crippen MR) is 87.5 cm³/mol. The SMILES string of the molecule is COc1cc([C@@]2(O)C[C@@H](c3cn(C)nn3)N[C@@H](C)C2)ccc1Cl. The van der Waals surface area contributed by atoms with Crippen molar-refractivity contribution in [3.05, 3.63) is 40.7 Å². The van der Waals surface area contributed by atoms with Crippen molar-refractivity contribution in [2.24, 2.45) is 7.05 Å². The number of hydrogen-bond acceptors (Lipinski definition) is 5. The van der Waals surface area contributed by atoms with Gasteiger partial charge in [0.2, 0.25) is 0 Å². The van der Waals surface area contributed by atoms with Gasteiger partial charge in [-0.1, -0.05) is 22.9 Å². The summed E-state index contributed by atoms with van der Waals surface area (Å²) in [5.41, 5.74) is 0.671. The molecule has 3 rings (SSSR count). The highest BCUT2D eigenvalue weighted by molar-refractivity contribution is 6.32. The number of rotatable bonds is 3. The van der Waals surface area contributed by atoms with E-state index in [0.29, 0.717) is 23.6 Å². The minimum atomic E-state index is -0.968. The molecule has 1 aliphatic heterocycles. The number of benzene rings is 1. The number of hydrogen-bond donors (Lipinski definition) is 2. The number of aryl methyl sites for hydroxylation is 1. The summed E-state index contributed by atoms with van der Waals surface area (Å²) in [6.07, 6.45) is 2.99. The molecule has 0 aliphatic carbocycles. The molecule has 124 valence electrons. The Kier molecular flexibility index (Phi) is 4.31. The number of aromatic nitrogens is 3. The van der Waals surface area contributed by atoms with E-state index in [4.69, 9.17) is 16.3 Å². The van der Waals surface area contributed by atoms with Gasteiger partial charge in [-0.15, -0.1) is 5.10 Å². The van der Waals surface area contributed by atoms with Gasteiger partial charge in [0.1, 0.15) is 5.75 Å². The molecule has 23 heavy (non-hydrogen) atoms. The first-order valence-corrected chi connectivity index (χ1v) is 7.98. The van der Waals surface area contributed by atoms with Gasteiger partial charge in [0, 0.05) is 25.7 Å². The number of nitrogens with one attached hydrogen (secondary N) is 1. The lowest BCUT2D eigenvalue weighted by Crippen LogP contribution is -2.47. The van der Waals surface area contributed by atoms with Gasteiger partial charge in [-0.05, 0) is 31.0 Å². The van der Waals surface area contributed by atoms with Crippen LogP contribution in [-0.2, 0) is 12.6 Å². The fourth-order valence-corrected chi connectivity index (χ4v) is 3.48. The highest BCUT2D eigenvalue weighted by Crippen LogP contribution is 2.41. The molecule has 0 radical (unpaired) electrons. The second-order valence-electron chi connectivity index (χ2n) is 6.23. The summed E-state index contributed by atoms with van der Waals surface area (Å²) < 4.78 is 6.95. The lowest BCUT2D eigenvalue weighted by Gasteiger charge is -2.41. The van der Waals surface area contributed by atoms with E-state index in [9.17, 15) is 5.11 Å². The first-order valence-electron chi connectivity index (χ1n) is 7.60. The minimum absolute atomic E-state index is 0.0564. The second-order valence-corrected chi connectivity index (χ2v) is 6.63. The minimum Gasteiger partial charge on any atom is -0.495 e. The summed E-state index contributed by atoms with van der Waals surface area (Å²) in [6, 6.07) is 5.52. The van der Waals surface area contributed by atoms with Gasteiger partial charge >= 0.3 is 0 Å². The van der Waals surface area contributed by atoms with E-state index in [1.54, 1.807) is 17.9 Å². The summed E-state index contributed by atoms with van der Waals surface area (Å²) in [7, 11) is 3.40. The van der Waals surface area contributed by atoms with Crippen molar-refractivity contribution >= 4 is 11.6 Å². The Labute approximate surface area is 140 Å². The van der Waals surface area contributed by atoms with Crippen LogP contribution < -0.4 is 10.1 Å². The monoisotopic (exact) mass is 336 g/mol. The quantitative estimate of drug-likeness (QED) is 0.898. The molecule has 2 aromatic rings. The van der Waals surface area contributed by atoms with Crippen LogP contribution in [0.5, 0.6) is 5.75 Å². The zero-order chi connectivity index (χ0) is 16.6. The highest BCUT2D eigenvalue weighted by atomic mass is 35.5. The van der Waals surface area contributed by atoms with E-state index >= 15 is 0 Å². The number of aliphatic hydroxyl groups is 1. The van der Waals surface area contributed by atoms with Crippen LogP contribution in [0.25, 0.3) is 0 Å². The summed E-state index contributed by atoms with van der Waals surface area (Å²) in [5.74, 6) is 0.569. The smallest absolute Gasteiger partial charge is 0.137 e. The van der Waals surface area contributed by atoms with Crippen molar-refractivity contribution < 1.29 is 9.84 Å². The molecule has 0 saturated carbocycles. The van der Waals surface area contributed by atoms with Crippen LogP contribution in [0.1, 0.15) is 37.1 Å². The number of ether oxygens (including phenoxy) is 1. The van der Waals surface area contributed by atoms with E-state index in [2.05, 4.69) is 22.6 Å². The van der Waals surface area contributed by atoms with Gasteiger partial charge in [0.05, 0.1) is 29.5 Å². The molecule has 1 fully saturated rings. The third-order valence-electron chi connectivity index (χ3n) is 4.34. The Hall–Kier alpha value is -1.63. The van der Waals surface area contributed by atoms with Gasteiger partial charge in [0.25, 0.3) is 0 Å². The predicted octanol–water partition coefficient (Wildman–Crippen LogP) is 2.18. The van der Waals surface area contributed by atoms with E-state index in [0.717, 1.165) is 11.3 Å². The molecule has 0 bridgehead atoms. The van der Waals surface area contributed by atoms with Crippen LogP contribution >= 0.6 is 11.6 Å². The van der Waals surface area contributed by atoms with E-state index < -0.39 is 5.60 Å². The van der Waals surface area contributed by atoms with Crippen LogP contribution in [0.15, 0.2) is 24.4 Å². The molecule has 1 aromatic carbocycles. The Morgan fingerprint density at radius 1 is 1.43 bits per heavy atom. The van der Waals surface area contributed by atoms with Crippen molar-refractivity contribution in [3.8, 4) is 5.75 Å². The van der Waals surface area contributed by atoms with E-state index in [-0.39, 0.29) is 12.1 Å². The average molecular weight is 337 g/mol. The van der Waals surface area contributed by atoms with E-state index in [1.807, 2.05) is 25.4 Å². The fraction of sp³-hybridized carbons (Fsp3) is 0.500. The number of halogens is 1. The molecule has 3 atom stereocenters. The average Bonchev–Trinajstić information content (AvgIpc) is 2.93. The highest BCUT2D eigenvalue weighted by Gasteiger charge is 2.40. The topological polar surface area (TPSA) is 72.2 Å². The van der Waals surface area contributed by atoms with Crippen molar-refractivity contribution in [1.82, 2.24) is 20.3 Å². The zero-order valence-corrected chi connectivity index (χ0v) is 14.2. The molecular formula is C16H21ClN4O2. The van der Waals surface area contributed by atoms with Gasteiger partial charge in [-0.2, -0.15) is 0 Å². The molecule has 1 aromatic heterocycles. The van der Waals surface area contributed by atoms with Crippen LogP contribution in [0.4, 0.5) is 0 Å². The number of nitrogens with zero attached hydrogens (tertiary/aromatic N) is 3. The molecule has 6 nitrogen and oxygen atoms in total. The first kappa shape index (κ1) is 16.2. The maximum Gasteiger partial charge on any atom is 0.137 e. The van der Waals surface area contributed by atoms with Crippen LogP contribution in [0, 0.1) is 0 Å². The van der Waals surface area contributed by atoms with Crippen molar-refractivity contribution in [1.29, 1.82) is 0 Å². The molecule has 0 spiro atoms. The zero-order valence-electron chi connectivity index (χ0n) is 13.5. The van der Waals surface area contributed by atoms with Crippen LogP contribution in [-0.4, -0.2) is 33.3 Å². The van der Waals surface area contributed by atoms with Crippen molar-refractivity contribution in [3.63, 3.8) is 0 Å². The van der Waals surface area contributed by atoms with Gasteiger partial charge < -0.3 is 15.2 Å². The Balaban J connectivity index is 1.93. The van der Waals surface area contributed by atoms with Gasteiger partial charge in [0.15, 0.2) is 0 Å². The second kappa shape index (κ2) is 6.11. The van der Waals surface area contributed by atoms with Crippen molar-refractivity contribution in [2.45, 2.75) is 37.5 Å². The van der Waals surface area contributed by atoms with Gasteiger partial charge in [-0.25, -0.2) is 0 Å². The van der Waals surface area contributed by atoms with Crippen molar-refractivity contribution in [2.75, 3.05) is 7.11 Å². The number of piperidine rings is 1. The standard InChI is InChI=1S/C16H21ClN4O2/c1-10-7-16(22,11-4-5-12(17)15(6-11)23-3)8-13(18-10)14-9-21(2)20-19-14/h4-6,9-10,13,18,22H,7-8H2,1-3H3/t10-,13-,16-/m0/s1. The lowest BCUT2D eigenvalue weighted by molar-refractivity contribution is -0.0237. The summed E-state index contributed by atoms with van der Waals surface area (Å²) >= 11 is 6.10. The maximum atomic E-state index is 11.3. The number of methoxy groups -OCH3 is 1. The Morgan fingerprint density at radius 2 is 2.22 bits per heavy atom. The molecular weight excluding hydrogens is 316 g/mol. The maximum absolute atomic E-state index is 11.3. The Morgan fingerprint density at radius 3 is 2.87 bits per heavy atom. The van der Waals surface area contributed by atoms with Crippen LogP contribution in [0.2, 0.25) is 5.02 Å². The molecule has 7 heteroatoms. The van der Waals surface area contributed by atoms with Crippen LogP contribution in [0.3, 0.4) is 0 Å². The van der Waals surface area contributed by atoms with E-state index in [1.165, 1.54) is 0 Å². The molecule has 1 aliphatic rings. The molecule has 2 heterocycles. The summed E-state index contributed by atoms with van der Waals surface area (Å²) in [5, 5.41) is 23.4. The van der Waals surface area contributed by atoms with Gasteiger partial charge in [-0.3, -0.25) is 4.68 Å². The molecule has 1 saturated heterocycles. The third-order valence-corrected chi connectivity index (χ3v) is 4.65. The normalized spacial score (nSPS) is 27.9. The summed E-state index contributed by atoms with van der Waals surface area (Å²) in [6.45, 7) is 2.06. The molecule has 0 amide bonds. The fourth-order valence-electron chi connectivity index (χ4n) is 3.29. The molecule has 0 unspecified atom stereocenters. The third kappa shape index (κ3) is 3.20.